The minimum Gasteiger partial charge on any atom is -0.0839 e. The van der Waals surface area contributed by atoms with Gasteiger partial charge in [-0.25, -0.2) is 0 Å². The Morgan fingerprint density at radius 2 is 1.22 bits per heavy atom. The molecule has 86 valence electrons. The summed E-state index contributed by atoms with van der Waals surface area (Å²) >= 11 is 0. The lowest BCUT2D eigenvalue weighted by Crippen LogP contribution is -1.86. The van der Waals surface area contributed by atoms with Crippen LogP contribution in [0.2, 0.25) is 0 Å². The Balaban J connectivity index is 2.10. The summed E-state index contributed by atoms with van der Waals surface area (Å²) in [4.78, 5) is 0. The zero-order valence-electron chi connectivity index (χ0n) is 10.2. The first-order valence-corrected chi connectivity index (χ1v) is 6.54. The SMILES string of the molecule is C1=CC(=C2c3ccccc3-c3ccccc32)CC1. The molecule has 0 nitrogen and oxygen atoms in total. The number of hydrogen-bond donors (Lipinski definition) is 0. The van der Waals surface area contributed by atoms with Gasteiger partial charge in [-0.3, -0.25) is 0 Å². The van der Waals surface area contributed by atoms with E-state index in [1.54, 1.807) is 0 Å². The lowest BCUT2D eigenvalue weighted by atomic mass is 9.98. The first-order chi connectivity index (χ1) is 8.95. The van der Waals surface area contributed by atoms with Gasteiger partial charge in [-0.15, -0.1) is 0 Å². The number of fused-ring (bicyclic) bond motifs is 3. The molecule has 0 bridgehead atoms. The Bertz CT molecular complexity index is 639. The molecule has 0 atom stereocenters. The molecule has 0 unspecified atom stereocenters. The van der Waals surface area contributed by atoms with Crippen molar-refractivity contribution in [3.05, 3.63) is 77.4 Å². The average molecular weight is 230 g/mol. The molecule has 18 heavy (non-hydrogen) atoms. The van der Waals surface area contributed by atoms with E-state index in [0.29, 0.717) is 0 Å². The second kappa shape index (κ2) is 3.71. The molecule has 2 aliphatic carbocycles. The van der Waals surface area contributed by atoms with Gasteiger partial charge in [-0.2, -0.15) is 0 Å². The van der Waals surface area contributed by atoms with Gasteiger partial charge in [-0.1, -0.05) is 60.7 Å². The highest BCUT2D eigenvalue weighted by Crippen LogP contribution is 2.46. The second-order valence-electron chi connectivity index (χ2n) is 4.93. The Morgan fingerprint density at radius 1 is 0.667 bits per heavy atom. The van der Waals surface area contributed by atoms with Gasteiger partial charge in [0.1, 0.15) is 0 Å². The average Bonchev–Trinajstić information content (AvgIpc) is 3.03. The molecule has 2 aromatic carbocycles. The van der Waals surface area contributed by atoms with Gasteiger partial charge >= 0.3 is 0 Å². The zero-order valence-corrected chi connectivity index (χ0v) is 10.2. The Hall–Kier alpha value is -2.08. The van der Waals surface area contributed by atoms with Crippen LogP contribution >= 0.6 is 0 Å². The van der Waals surface area contributed by atoms with Gasteiger partial charge < -0.3 is 0 Å². The first-order valence-electron chi connectivity index (χ1n) is 6.54. The van der Waals surface area contributed by atoms with Crippen LogP contribution in [0.3, 0.4) is 0 Å². The maximum absolute atomic E-state index is 2.30. The van der Waals surface area contributed by atoms with Crippen molar-refractivity contribution in [3.63, 3.8) is 0 Å². The summed E-state index contributed by atoms with van der Waals surface area (Å²) in [6.45, 7) is 0. The van der Waals surface area contributed by atoms with Crippen LogP contribution in [0, 0.1) is 0 Å². The maximum Gasteiger partial charge on any atom is -0.00668 e. The van der Waals surface area contributed by atoms with Crippen LogP contribution in [0.4, 0.5) is 0 Å². The highest BCUT2D eigenvalue weighted by atomic mass is 14.3. The van der Waals surface area contributed by atoms with Crippen molar-refractivity contribution in [3.8, 4) is 11.1 Å². The predicted molar refractivity (Wildman–Crippen MR) is 76.3 cm³/mol. The summed E-state index contributed by atoms with van der Waals surface area (Å²) in [6, 6.07) is 17.5. The van der Waals surface area contributed by atoms with E-state index in [0.717, 1.165) is 0 Å². The van der Waals surface area contributed by atoms with Crippen LogP contribution in [0.1, 0.15) is 24.0 Å². The third-order valence-corrected chi connectivity index (χ3v) is 3.90. The van der Waals surface area contributed by atoms with Crippen LogP contribution in [0.15, 0.2) is 66.3 Å². The number of allylic oxidation sites excluding steroid dienone is 3. The molecule has 0 heterocycles. The van der Waals surface area contributed by atoms with Gasteiger partial charge in [-0.05, 0) is 46.2 Å². The van der Waals surface area contributed by atoms with Crippen LogP contribution < -0.4 is 0 Å². The minimum atomic E-state index is 1.18. The van der Waals surface area contributed by atoms with Crippen LogP contribution in [0.5, 0.6) is 0 Å². The summed E-state index contributed by atoms with van der Waals surface area (Å²) in [7, 11) is 0. The van der Waals surface area contributed by atoms with E-state index < -0.39 is 0 Å². The van der Waals surface area contributed by atoms with Crippen LogP contribution in [-0.2, 0) is 0 Å². The standard InChI is InChI=1S/C18H14/c1-2-8-13(7-1)18-16-11-5-3-9-14(16)15-10-4-6-12-17(15)18/h1,3-7,9-12H,2,8H2. The van der Waals surface area contributed by atoms with Crippen molar-refractivity contribution in [1.82, 2.24) is 0 Å². The smallest absolute Gasteiger partial charge is 0.00668 e. The normalized spacial score (nSPS) is 16.0. The topological polar surface area (TPSA) is 0 Å². The molecule has 0 aromatic heterocycles. The highest BCUT2D eigenvalue weighted by Gasteiger charge is 2.24. The molecule has 0 saturated heterocycles. The molecular formula is C18H14. The van der Waals surface area contributed by atoms with Crippen molar-refractivity contribution >= 4 is 5.57 Å². The third-order valence-electron chi connectivity index (χ3n) is 3.90. The fraction of sp³-hybridized carbons (Fsp3) is 0.111. The number of hydrogen-bond acceptors (Lipinski definition) is 0. The van der Waals surface area contributed by atoms with E-state index in [4.69, 9.17) is 0 Å². The van der Waals surface area contributed by atoms with Gasteiger partial charge in [0.15, 0.2) is 0 Å². The fourth-order valence-corrected chi connectivity index (χ4v) is 3.12. The van der Waals surface area contributed by atoms with Gasteiger partial charge in [0, 0.05) is 0 Å². The van der Waals surface area contributed by atoms with E-state index in [2.05, 4.69) is 60.7 Å². The van der Waals surface area contributed by atoms with Crippen molar-refractivity contribution in [2.45, 2.75) is 12.8 Å². The summed E-state index contributed by atoms with van der Waals surface area (Å²) in [6.07, 6.45) is 6.95. The minimum absolute atomic E-state index is 1.18. The summed E-state index contributed by atoms with van der Waals surface area (Å²) in [5, 5.41) is 0. The summed E-state index contributed by atoms with van der Waals surface area (Å²) < 4.78 is 0. The van der Waals surface area contributed by atoms with E-state index in [1.807, 2.05) is 0 Å². The Morgan fingerprint density at radius 3 is 1.72 bits per heavy atom. The molecule has 0 heteroatoms. The fourth-order valence-electron chi connectivity index (χ4n) is 3.12. The molecule has 0 radical (unpaired) electrons. The van der Waals surface area contributed by atoms with Gasteiger partial charge in [0.25, 0.3) is 0 Å². The lowest BCUT2D eigenvalue weighted by Gasteiger charge is -2.06. The zero-order chi connectivity index (χ0) is 11.9. The third kappa shape index (κ3) is 1.26. The van der Waals surface area contributed by atoms with E-state index in [1.165, 1.54) is 46.2 Å². The molecular weight excluding hydrogens is 216 g/mol. The molecule has 2 aliphatic rings. The quantitative estimate of drug-likeness (QED) is 0.519. The second-order valence-corrected chi connectivity index (χ2v) is 4.93. The van der Waals surface area contributed by atoms with Crippen molar-refractivity contribution in [2.75, 3.05) is 0 Å². The van der Waals surface area contributed by atoms with E-state index >= 15 is 0 Å². The molecule has 0 fully saturated rings. The maximum atomic E-state index is 2.30. The van der Waals surface area contributed by atoms with E-state index in [-0.39, 0.29) is 0 Å². The van der Waals surface area contributed by atoms with E-state index in [9.17, 15) is 0 Å². The van der Waals surface area contributed by atoms with Crippen molar-refractivity contribution in [1.29, 1.82) is 0 Å². The predicted octanol–water partition coefficient (Wildman–Crippen LogP) is 4.82. The first kappa shape index (κ1) is 9.90. The number of benzene rings is 2. The number of rotatable bonds is 0. The van der Waals surface area contributed by atoms with Crippen molar-refractivity contribution < 1.29 is 0 Å². The molecule has 4 rings (SSSR count). The molecule has 2 aromatic rings. The van der Waals surface area contributed by atoms with Gasteiger partial charge in [0.2, 0.25) is 0 Å². The molecule has 0 aliphatic heterocycles. The van der Waals surface area contributed by atoms with Gasteiger partial charge in [0.05, 0.1) is 0 Å². The summed E-state index contributed by atoms with van der Waals surface area (Å²) in [5.41, 5.74) is 8.52. The summed E-state index contributed by atoms with van der Waals surface area (Å²) in [5.74, 6) is 0. The largest absolute Gasteiger partial charge is 0.0839 e. The lowest BCUT2D eigenvalue weighted by molar-refractivity contribution is 1.07. The Kier molecular flexibility index (Phi) is 2.04. The van der Waals surface area contributed by atoms with Crippen LogP contribution in [-0.4, -0.2) is 0 Å². The van der Waals surface area contributed by atoms with Crippen LogP contribution in [0.25, 0.3) is 16.7 Å². The molecule has 0 spiro atoms. The highest BCUT2D eigenvalue weighted by molar-refractivity contribution is 6.02. The molecule has 0 amide bonds. The molecule has 0 saturated carbocycles. The Labute approximate surface area is 107 Å². The monoisotopic (exact) mass is 230 g/mol. The molecule has 0 N–H and O–H groups in total. The van der Waals surface area contributed by atoms with Crippen molar-refractivity contribution in [2.24, 2.45) is 0 Å².